The minimum absolute atomic E-state index is 0.0453. The van der Waals surface area contributed by atoms with Gasteiger partial charge in [-0.3, -0.25) is 10.1 Å². The smallest absolute Gasteiger partial charge is 0.273 e. The molecule has 1 heterocycles. The lowest BCUT2D eigenvalue weighted by atomic mass is 9.80. The van der Waals surface area contributed by atoms with E-state index in [4.69, 9.17) is 0 Å². The normalized spacial score (nSPS) is 15.4. The number of nitro groups is 1. The van der Waals surface area contributed by atoms with E-state index < -0.39 is 22.8 Å². The third-order valence-corrected chi connectivity index (χ3v) is 3.64. The van der Waals surface area contributed by atoms with E-state index in [2.05, 4.69) is 5.32 Å². The molecule has 8 nitrogen and oxygen atoms in total. The van der Waals surface area contributed by atoms with Crippen LogP contribution in [0.25, 0.3) is 0 Å². The van der Waals surface area contributed by atoms with Gasteiger partial charge in [0.15, 0.2) is 0 Å². The Morgan fingerprint density at radius 2 is 1.52 bits per heavy atom. The van der Waals surface area contributed by atoms with Gasteiger partial charge in [0.25, 0.3) is 5.69 Å². The highest BCUT2D eigenvalue weighted by Gasteiger charge is 2.34. The molecule has 1 aromatic rings. The van der Waals surface area contributed by atoms with Crippen LogP contribution in [0.5, 0.6) is 0 Å². The Labute approximate surface area is 130 Å². The Morgan fingerprint density at radius 3 is 1.96 bits per heavy atom. The highest BCUT2D eigenvalue weighted by atomic mass is 16.6. The maximum Gasteiger partial charge on any atom is 0.273 e. The summed E-state index contributed by atoms with van der Waals surface area (Å²) in [5, 5.41) is 36.8. The molecule has 0 unspecified atom stereocenters. The number of carbonyl (C=O) groups is 2. The molecule has 1 aromatic carbocycles. The van der Waals surface area contributed by atoms with Gasteiger partial charge in [0.2, 0.25) is 0 Å². The number of benzene rings is 1. The first-order valence-electron chi connectivity index (χ1n) is 6.60. The van der Waals surface area contributed by atoms with Crippen molar-refractivity contribution in [3.8, 4) is 0 Å². The van der Waals surface area contributed by atoms with Gasteiger partial charge in [-0.2, -0.15) is 0 Å². The van der Waals surface area contributed by atoms with E-state index in [1.54, 1.807) is 0 Å². The zero-order chi connectivity index (χ0) is 17.3. The number of allylic oxidation sites excluding steroid dienone is 2. The lowest BCUT2D eigenvalue weighted by molar-refractivity contribution is -0.385. The van der Waals surface area contributed by atoms with E-state index in [9.17, 15) is 29.9 Å². The average Bonchev–Trinajstić information content (AvgIpc) is 2.45. The van der Waals surface area contributed by atoms with Crippen molar-refractivity contribution in [1.82, 2.24) is 5.32 Å². The number of aliphatic carboxylic acids is 2. The number of rotatable bonds is 4. The predicted molar refractivity (Wildman–Crippen MR) is 74.4 cm³/mol. The number of carboxylic acid groups (broad SMARTS) is 2. The summed E-state index contributed by atoms with van der Waals surface area (Å²) in [5.74, 6) is -4.57. The molecule has 0 atom stereocenters. The zero-order valence-corrected chi connectivity index (χ0v) is 12.3. The van der Waals surface area contributed by atoms with Crippen LogP contribution in [0, 0.1) is 10.1 Å². The summed E-state index contributed by atoms with van der Waals surface area (Å²) in [6.45, 7) is 2.87. The van der Waals surface area contributed by atoms with E-state index >= 15 is 0 Å². The van der Waals surface area contributed by atoms with Crippen LogP contribution in [0.1, 0.15) is 25.3 Å². The van der Waals surface area contributed by atoms with Crippen molar-refractivity contribution in [1.29, 1.82) is 0 Å². The first-order chi connectivity index (χ1) is 10.8. The fraction of sp³-hybridized carbons (Fsp3) is 0.200. The van der Waals surface area contributed by atoms with Crippen LogP contribution in [0.2, 0.25) is 0 Å². The first-order valence-corrected chi connectivity index (χ1v) is 6.60. The van der Waals surface area contributed by atoms with Crippen LogP contribution in [-0.2, 0) is 9.59 Å². The molecule has 0 bridgehead atoms. The topological polar surface area (TPSA) is 135 Å². The van der Waals surface area contributed by atoms with Gasteiger partial charge in [0.1, 0.15) is 0 Å². The molecule has 1 N–H and O–H groups in total. The molecule has 0 fully saturated rings. The lowest BCUT2D eigenvalue weighted by Gasteiger charge is -2.33. The molecule has 1 aliphatic heterocycles. The minimum atomic E-state index is -1.61. The molecular weight excluding hydrogens is 304 g/mol. The summed E-state index contributed by atoms with van der Waals surface area (Å²) in [7, 11) is 0. The van der Waals surface area contributed by atoms with Crippen LogP contribution in [0.15, 0.2) is 46.8 Å². The number of carbonyl (C=O) groups excluding carboxylic acids is 2. The summed E-state index contributed by atoms with van der Waals surface area (Å²) < 4.78 is 0. The van der Waals surface area contributed by atoms with Crippen molar-refractivity contribution < 1.29 is 24.7 Å². The quantitative estimate of drug-likeness (QED) is 0.574. The Kier molecular flexibility index (Phi) is 4.17. The number of nitro benzene ring substituents is 1. The average molecular weight is 316 g/mol. The van der Waals surface area contributed by atoms with E-state index in [1.165, 1.54) is 38.1 Å². The molecular formula is C15H12N2O6-2. The molecule has 0 saturated carbocycles. The zero-order valence-electron chi connectivity index (χ0n) is 12.3. The summed E-state index contributed by atoms with van der Waals surface area (Å²) in [6, 6.07) is 5.38. The van der Waals surface area contributed by atoms with Gasteiger partial charge in [-0.15, -0.1) is 0 Å². The van der Waals surface area contributed by atoms with Gasteiger partial charge >= 0.3 is 0 Å². The SMILES string of the molecule is CC1=C(C(=O)[O-])C(c2ccccc2[N+](=O)[O-])C(C(=O)[O-])=C(C)N1. The molecule has 23 heavy (non-hydrogen) atoms. The van der Waals surface area contributed by atoms with Gasteiger partial charge in [-0.05, 0) is 13.8 Å². The lowest BCUT2D eigenvalue weighted by Crippen LogP contribution is -2.40. The third-order valence-electron chi connectivity index (χ3n) is 3.64. The van der Waals surface area contributed by atoms with E-state index in [-0.39, 0.29) is 33.8 Å². The molecule has 0 radical (unpaired) electrons. The number of dihydropyridines is 1. The van der Waals surface area contributed by atoms with Crippen LogP contribution in [-0.4, -0.2) is 16.9 Å². The Balaban J connectivity index is 2.81. The number of hydrogen-bond acceptors (Lipinski definition) is 7. The van der Waals surface area contributed by atoms with Gasteiger partial charge in [0, 0.05) is 40.1 Å². The summed E-state index contributed by atoms with van der Waals surface area (Å²) in [4.78, 5) is 33.5. The van der Waals surface area contributed by atoms with Gasteiger partial charge in [-0.1, -0.05) is 18.2 Å². The highest BCUT2D eigenvalue weighted by Crippen LogP contribution is 2.40. The summed E-state index contributed by atoms with van der Waals surface area (Å²) in [6.07, 6.45) is 0. The third kappa shape index (κ3) is 2.78. The van der Waals surface area contributed by atoms with E-state index in [1.807, 2.05) is 0 Å². The monoisotopic (exact) mass is 316 g/mol. The molecule has 1 aliphatic rings. The molecule has 0 amide bonds. The van der Waals surface area contributed by atoms with E-state index in [0.717, 1.165) is 0 Å². The van der Waals surface area contributed by atoms with Gasteiger partial charge in [-0.25, -0.2) is 0 Å². The number of nitrogens with one attached hydrogen (secondary N) is 1. The van der Waals surface area contributed by atoms with Crippen LogP contribution in [0.3, 0.4) is 0 Å². The molecule has 8 heteroatoms. The van der Waals surface area contributed by atoms with Crippen LogP contribution < -0.4 is 15.5 Å². The maximum atomic E-state index is 11.5. The second kappa shape index (κ2) is 5.91. The molecule has 2 rings (SSSR count). The fourth-order valence-corrected chi connectivity index (χ4v) is 2.74. The van der Waals surface area contributed by atoms with Crippen molar-refractivity contribution in [2.75, 3.05) is 0 Å². The molecule has 0 spiro atoms. The van der Waals surface area contributed by atoms with Gasteiger partial charge in [0.05, 0.1) is 16.9 Å². The number of nitrogens with zero attached hydrogens (tertiary/aromatic N) is 1. The maximum absolute atomic E-state index is 11.5. The molecule has 0 aliphatic carbocycles. The van der Waals surface area contributed by atoms with Gasteiger partial charge < -0.3 is 25.1 Å². The number of hydrogen-bond donors (Lipinski definition) is 1. The van der Waals surface area contributed by atoms with Crippen molar-refractivity contribution in [2.45, 2.75) is 19.8 Å². The first kappa shape index (κ1) is 16.2. The Bertz CT molecular complexity index is 742. The number of para-hydroxylation sites is 1. The summed E-state index contributed by atoms with van der Waals surface area (Å²) >= 11 is 0. The fourth-order valence-electron chi connectivity index (χ4n) is 2.74. The van der Waals surface area contributed by atoms with Crippen molar-refractivity contribution >= 4 is 17.6 Å². The van der Waals surface area contributed by atoms with Crippen molar-refractivity contribution in [3.63, 3.8) is 0 Å². The number of carboxylic acids is 2. The molecule has 0 aromatic heterocycles. The highest BCUT2D eigenvalue weighted by molar-refractivity contribution is 5.97. The Hall–Kier alpha value is -3.16. The predicted octanol–water partition coefficient (Wildman–Crippen LogP) is -0.671. The second-order valence-corrected chi connectivity index (χ2v) is 5.03. The largest absolute Gasteiger partial charge is 0.545 e. The molecule has 0 saturated heterocycles. The van der Waals surface area contributed by atoms with Crippen LogP contribution in [0.4, 0.5) is 5.69 Å². The van der Waals surface area contributed by atoms with Crippen molar-refractivity contribution in [3.05, 3.63) is 62.5 Å². The van der Waals surface area contributed by atoms with Crippen LogP contribution >= 0.6 is 0 Å². The second-order valence-electron chi connectivity index (χ2n) is 5.03. The minimum Gasteiger partial charge on any atom is -0.545 e. The van der Waals surface area contributed by atoms with Crippen molar-refractivity contribution in [2.24, 2.45) is 0 Å². The Morgan fingerprint density at radius 1 is 1.04 bits per heavy atom. The van der Waals surface area contributed by atoms with E-state index in [0.29, 0.717) is 0 Å². The standard InChI is InChI=1S/C15H14N2O6/c1-7-11(14(18)19)13(12(15(20)21)8(2)16-7)9-5-3-4-6-10(9)17(22)23/h3-6,13,16H,1-2H3,(H,18,19)(H,20,21)/p-2. The molecule has 120 valence electrons. The summed E-state index contributed by atoms with van der Waals surface area (Å²) in [5.41, 5.74) is -0.840.